The molecule has 2 rings (SSSR count). The minimum atomic E-state index is 0.0821. The van der Waals surface area contributed by atoms with E-state index >= 15 is 0 Å². The summed E-state index contributed by atoms with van der Waals surface area (Å²) in [5.41, 5.74) is 0.765. The van der Waals surface area contributed by atoms with Gasteiger partial charge >= 0.3 is 0 Å². The number of aromatic hydroxyl groups is 1. The SMILES string of the molecule is COc1ccc(/C=N/n2c(C)nnc2C)cc1O. The number of hydrogen-bond acceptors (Lipinski definition) is 5. The van der Waals surface area contributed by atoms with E-state index in [-0.39, 0.29) is 5.75 Å². The van der Waals surface area contributed by atoms with Gasteiger partial charge in [-0.1, -0.05) is 0 Å². The number of rotatable bonds is 3. The van der Waals surface area contributed by atoms with Gasteiger partial charge in [0, 0.05) is 0 Å². The molecule has 18 heavy (non-hydrogen) atoms. The molecule has 0 amide bonds. The Hall–Kier alpha value is -2.37. The topological polar surface area (TPSA) is 72.5 Å². The van der Waals surface area contributed by atoms with E-state index in [0.29, 0.717) is 17.4 Å². The van der Waals surface area contributed by atoms with Crippen LogP contribution in [-0.4, -0.2) is 33.3 Å². The zero-order valence-electron chi connectivity index (χ0n) is 10.5. The Morgan fingerprint density at radius 1 is 1.28 bits per heavy atom. The zero-order chi connectivity index (χ0) is 13.1. The number of nitrogens with zero attached hydrogens (tertiary/aromatic N) is 4. The third-order valence-corrected chi connectivity index (χ3v) is 2.48. The van der Waals surface area contributed by atoms with Gasteiger partial charge in [0.1, 0.15) is 0 Å². The largest absolute Gasteiger partial charge is 0.504 e. The fourth-order valence-corrected chi connectivity index (χ4v) is 1.54. The van der Waals surface area contributed by atoms with Crippen molar-refractivity contribution in [2.45, 2.75) is 13.8 Å². The quantitative estimate of drug-likeness (QED) is 0.833. The standard InChI is InChI=1S/C12H14N4O2/c1-8-14-15-9(2)16(8)13-7-10-4-5-12(18-3)11(17)6-10/h4-7,17H,1-3H3/b13-7+. The predicted molar refractivity (Wildman–Crippen MR) is 67.1 cm³/mol. The maximum atomic E-state index is 9.64. The lowest BCUT2D eigenvalue weighted by atomic mass is 10.2. The number of ether oxygens (including phenoxy) is 1. The van der Waals surface area contributed by atoms with Crippen molar-refractivity contribution in [3.63, 3.8) is 0 Å². The Labute approximate surface area is 105 Å². The van der Waals surface area contributed by atoms with E-state index < -0.39 is 0 Å². The van der Waals surface area contributed by atoms with Gasteiger partial charge in [-0.05, 0) is 37.6 Å². The fourth-order valence-electron chi connectivity index (χ4n) is 1.54. The number of methoxy groups -OCH3 is 1. The van der Waals surface area contributed by atoms with Gasteiger partial charge in [-0.15, -0.1) is 10.2 Å². The molecule has 1 heterocycles. The van der Waals surface area contributed by atoms with Crippen molar-refractivity contribution in [1.82, 2.24) is 14.9 Å². The average Bonchev–Trinajstić information content (AvgIpc) is 2.67. The number of phenolic OH excluding ortho intramolecular Hbond substituents is 1. The van der Waals surface area contributed by atoms with Gasteiger partial charge in [0.05, 0.1) is 13.3 Å². The molecule has 0 spiro atoms. The molecule has 94 valence electrons. The number of hydrogen-bond donors (Lipinski definition) is 1. The summed E-state index contributed by atoms with van der Waals surface area (Å²) in [7, 11) is 1.51. The molecule has 0 saturated carbocycles. The highest BCUT2D eigenvalue weighted by atomic mass is 16.5. The Balaban J connectivity index is 2.27. The minimum Gasteiger partial charge on any atom is -0.504 e. The summed E-state index contributed by atoms with van der Waals surface area (Å²) in [5.74, 6) is 1.94. The first-order valence-electron chi connectivity index (χ1n) is 5.42. The molecule has 0 bridgehead atoms. The summed E-state index contributed by atoms with van der Waals surface area (Å²) in [6, 6.07) is 5.07. The van der Waals surface area contributed by atoms with Crippen LogP contribution in [0, 0.1) is 13.8 Å². The van der Waals surface area contributed by atoms with Crippen LogP contribution in [0.15, 0.2) is 23.3 Å². The average molecular weight is 246 g/mol. The van der Waals surface area contributed by atoms with Gasteiger partial charge in [0.15, 0.2) is 23.1 Å². The Morgan fingerprint density at radius 2 is 1.94 bits per heavy atom. The molecule has 0 saturated heterocycles. The lowest BCUT2D eigenvalue weighted by Gasteiger charge is -2.03. The van der Waals surface area contributed by atoms with Crippen LogP contribution in [0.3, 0.4) is 0 Å². The summed E-state index contributed by atoms with van der Waals surface area (Å²) in [6.45, 7) is 3.64. The first kappa shape index (κ1) is 12.1. The van der Waals surface area contributed by atoms with Gasteiger partial charge in [-0.3, -0.25) is 0 Å². The van der Waals surface area contributed by atoms with Gasteiger partial charge in [0.2, 0.25) is 0 Å². The van der Waals surface area contributed by atoms with Crippen LogP contribution < -0.4 is 4.74 Å². The van der Waals surface area contributed by atoms with Crippen molar-refractivity contribution >= 4 is 6.21 Å². The lowest BCUT2D eigenvalue weighted by molar-refractivity contribution is 0.373. The highest BCUT2D eigenvalue weighted by Crippen LogP contribution is 2.25. The summed E-state index contributed by atoms with van der Waals surface area (Å²) in [4.78, 5) is 0. The van der Waals surface area contributed by atoms with Crippen LogP contribution in [0.4, 0.5) is 0 Å². The van der Waals surface area contributed by atoms with Gasteiger partial charge in [0.25, 0.3) is 0 Å². The second-order valence-corrected chi connectivity index (χ2v) is 3.78. The summed E-state index contributed by atoms with van der Waals surface area (Å²) >= 11 is 0. The summed E-state index contributed by atoms with van der Waals surface area (Å²) in [5, 5.41) is 21.7. The Kier molecular flexibility index (Phi) is 3.27. The third-order valence-electron chi connectivity index (χ3n) is 2.48. The normalized spacial score (nSPS) is 11.1. The van der Waals surface area contributed by atoms with Crippen LogP contribution in [0.5, 0.6) is 11.5 Å². The van der Waals surface area contributed by atoms with Crippen LogP contribution in [0.25, 0.3) is 0 Å². The molecule has 6 heteroatoms. The Morgan fingerprint density at radius 3 is 2.50 bits per heavy atom. The van der Waals surface area contributed by atoms with E-state index in [1.807, 2.05) is 13.8 Å². The first-order valence-corrected chi connectivity index (χ1v) is 5.42. The number of aryl methyl sites for hydroxylation is 2. The molecular weight excluding hydrogens is 232 g/mol. The maximum absolute atomic E-state index is 9.64. The molecule has 1 N–H and O–H groups in total. The molecule has 1 aromatic carbocycles. The van der Waals surface area contributed by atoms with Crippen molar-refractivity contribution < 1.29 is 9.84 Å². The summed E-state index contributed by atoms with van der Waals surface area (Å²) < 4.78 is 6.60. The van der Waals surface area contributed by atoms with Gasteiger partial charge in [-0.25, -0.2) is 4.68 Å². The van der Waals surface area contributed by atoms with Gasteiger partial charge in [-0.2, -0.15) is 5.10 Å². The van der Waals surface area contributed by atoms with Crippen LogP contribution in [-0.2, 0) is 0 Å². The predicted octanol–water partition coefficient (Wildman–Crippen LogP) is 1.49. The lowest BCUT2D eigenvalue weighted by Crippen LogP contribution is -1.96. The molecule has 0 unspecified atom stereocenters. The molecule has 0 radical (unpaired) electrons. The minimum absolute atomic E-state index is 0.0821. The van der Waals surface area contributed by atoms with E-state index in [9.17, 15) is 5.11 Å². The second kappa shape index (κ2) is 4.87. The zero-order valence-corrected chi connectivity index (χ0v) is 10.5. The van der Waals surface area contributed by atoms with Crippen LogP contribution >= 0.6 is 0 Å². The Bertz CT molecular complexity index is 570. The molecule has 0 aliphatic heterocycles. The van der Waals surface area contributed by atoms with Gasteiger partial charge < -0.3 is 9.84 Å². The molecule has 6 nitrogen and oxygen atoms in total. The molecule has 2 aromatic rings. The van der Waals surface area contributed by atoms with Crippen molar-refractivity contribution in [2.24, 2.45) is 5.10 Å². The highest BCUT2D eigenvalue weighted by Gasteiger charge is 2.03. The van der Waals surface area contributed by atoms with Crippen molar-refractivity contribution in [1.29, 1.82) is 0 Å². The smallest absolute Gasteiger partial charge is 0.160 e. The molecule has 1 aromatic heterocycles. The second-order valence-electron chi connectivity index (χ2n) is 3.78. The maximum Gasteiger partial charge on any atom is 0.160 e. The molecule has 0 aliphatic rings. The van der Waals surface area contributed by atoms with Crippen LogP contribution in [0.2, 0.25) is 0 Å². The van der Waals surface area contributed by atoms with Crippen molar-refractivity contribution in [3.05, 3.63) is 35.4 Å². The van der Waals surface area contributed by atoms with E-state index in [1.54, 1.807) is 29.1 Å². The highest BCUT2D eigenvalue weighted by molar-refractivity contribution is 5.80. The number of aromatic nitrogens is 3. The van der Waals surface area contributed by atoms with E-state index in [4.69, 9.17) is 4.74 Å². The van der Waals surface area contributed by atoms with E-state index in [1.165, 1.54) is 7.11 Å². The molecular formula is C12H14N4O2. The van der Waals surface area contributed by atoms with Crippen molar-refractivity contribution in [3.8, 4) is 11.5 Å². The molecule has 0 atom stereocenters. The van der Waals surface area contributed by atoms with E-state index in [2.05, 4.69) is 15.3 Å². The fraction of sp³-hybridized carbons (Fsp3) is 0.250. The molecule has 0 fully saturated rings. The number of phenols is 1. The monoisotopic (exact) mass is 246 g/mol. The van der Waals surface area contributed by atoms with E-state index in [0.717, 1.165) is 5.56 Å². The molecule has 0 aliphatic carbocycles. The van der Waals surface area contributed by atoms with Crippen LogP contribution in [0.1, 0.15) is 17.2 Å². The first-order chi connectivity index (χ1) is 8.61. The third kappa shape index (κ3) is 2.32. The van der Waals surface area contributed by atoms with Crippen molar-refractivity contribution in [2.75, 3.05) is 7.11 Å². The number of benzene rings is 1. The summed E-state index contributed by atoms with van der Waals surface area (Å²) in [6.07, 6.45) is 1.63.